The Hall–Kier alpha value is -5.46. The summed E-state index contributed by atoms with van der Waals surface area (Å²) >= 11 is 0. The van der Waals surface area contributed by atoms with Gasteiger partial charge >= 0.3 is 0 Å². The Morgan fingerprint density at radius 2 is 1.81 bits per heavy atom. The lowest BCUT2D eigenvalue weighted by Crippen LogP contribution is -2.22. The lowest BCUT2D eigenvalue weighted by molar-refractivity contribution is 0.112. The highest BCUT2D eigenvalue weighted by atomic mass is 16.3. The maximum absolute atomic E-state index is 11.4. The predicted octanol–water partition coefficient (Wildman–Crippen LogP) is 7.84. The van der Waals surface area contributed by atoms with E-state index in [9.17, 15) is 10.1 Å². The number of pyridine rings is 1. The van der Waals surface area contributed by atoms with Gasteiger partial charge in [0.1, 0.15) is 29.2 Å². The number of rotatable bonds is 7. The van der Waals surface area contributed by atoms with Crippen LogP contribution in [0, 0.1) is 37.5 Å². The summed E-state index contributed by atoms with van der Waals surface area (Å²) in [5.74, 6) is 1.76. The Balaban J connectivity index is 1.12. The third-order valence-corrected chi connectivity index (χ3v) is 10.0. The summed E-state index contributed by atoms with van der Waals surface area (Å²) in [6, 6.07) is 20.3. The molecule has 9 heteroatoms. The van der Waals surface area contributed by atoms with Gasteiger partial charge in [-0.2, -0.15) is 5.26 Å². The molecular formula is C38H33N7O2. The number of nitriles is 1. The van der Waals surface area contributed by atoms with Crippen molar-refractivity contribution in [1.82, 2.24) is 24.8 Å². The zero-order valence-electron chi connectivity index (χ0n) is 26.8. The largest absolute Gasteiger partial charge is 0.435 e. The SMILES string of the molecule is Cc1nc(Nc2cccc(-c3cccc(-c4nc5cc(C=O)cc(C#N)c5o4)c3C)c2C)c2ncc(CN3CC[C@]4(C)CC34)cc2n1. The van der Waals surface area contributed by atoms with Crippen molar-refractivity contribution in [2.24, 2.45) is 5.41 Å². The molecule has 1 saturated heterocycles. The topological polar surface area (TPSA) is 121 Å². The Bertz CT molecular complexity index is 2300. The molecule has 1 aliphatic carbocycles. The molecule has 4 heterocycles. The molecule has 2 atom stereocenters. The number of carbonyl (C=O) groups excluding carboxylic acids is 1. The Morgan fingerprint density at radius 1 is 1.02 bits per heavy atom. The second-order valence-electron chi connectivity index (χ2n) is 13.2. The Kier molecular flexibility index (Phi) is 6.67. The number of hydrogen-bond acceptors (Lipinski definition) is 9. The number of nitrogens with one attached hydrogen (secondary N) is 1. The van der Waals surface area contributed by atoms with Crippen molar-refractivity contribution in [3.63, 3.8) is 0 Å². The van der Waals surface area contributed by atoms with Gasteiger partial charge in [-0.05, 0) is 104 Å². The number of benzene rings is 3. The molecule has 1 unspecified atom stereocenters. The maximum atomic E-state index is 11.4. The average Bonchev–Trinajstić information content (AvgIpc) is 3.38. The van der Waals surface area contributed by atoms with Crippen LogP contribution in [0.25, 0.3) is 44.7 Å². The number of likely N-dealkylation sites (tertiary alicyclic amines) is 1. The number of carbonyl (C=O) groups is 1. The van der Waals surface area contributed by atoms with Crippen LogP contribution in [-0.2, 0) is 6.54 Å². The van der Waals surface area contributed by atoms with E-state index in [1.165, 1.54) is 24.5 Å². The van der Waals surface area contributed by atoms with E-state index in [1.807, 2.05) is 44.3 Å². The molecule has 2 aliphatic rings. The first-order valence-corrected chi connectivity index (χ1v) is 15.9. The van der Waals surface area contributed by atoms with Crippen LogP contribution in [0.15, 0.2) is 65.2 Å². The minimum absolute atomic E-state index is 0.280. The van der Waals surface area contributed by atoms with E-state index < -0.39 is 0 Å². The fourth-order valence-corrected chi connectivity index (χ4v) is 7.22. The van der Waals surface area contributed by atoms with Gasteiger partial charge < -0.3 is 9.73 Å². The highest BCUT2D eigenvalue weighted by Gasteiger charge is 2.57. The number of piperidine rings is 1. The van der Waals surface area contributed by atoms with Crippen LogP contribution >= 0.6 is 0 Å². The van der Waals surface area contributed by atoms with Crippen LogP contribution in [0.1, 0.15) is 58.2 Å². The first-order valence-electron chi connectivity index (χ1n) is 15.9. The van der Waals surface area contributed by atoms with Gasteiger partial charge in [0.15, 0.2) is 11.4 Å². The lowest BCUT2D eigenvalue weighted by Gasteiger charge is -2.18. The molecule has 1 saturated carbocycles. The molecule has 9 nitrogen and oxygen atoms in total. The third-order valence-electron chi connectivity index (χ3n) is 10.0. The average molecular weight is 620 g/mol. The van der Waals surface area contributed by atoms with Crippen LogP contribution in [-0.4, -0.2) is 43.7 Å². The van der Waals surface area contributed by atoms with Crippen molar-refractivity contribution in [3.05, 3.63) is 94.4 Å². The number of fused-ring (bicyclic) bond motifs is 3. The van der Waals surface area contributed by atoms with E-state index in [4.69, 9.17) is 19.4 Å². The molecule has 6 aromatic rings. The number of aromatic nitrogens is 4. The van der Waals surface area contributed by atoms with Crippen LogP contribution in [0.2, 0.25) is 0 Å². The molecule has 1 aliphatic heterocycles. The van der Waals surface area contributed by atoms with Gasteiger partial charge in [-0.25, -0.2) is 15.0 Å². The quantitative estimate of drug-likeness (QED) is 0.178. The summed E-state index contributed by atoms with van der Waals surface area (Å²) in [6.07, 6.45) is 5.25. The molecule has 0 amide bonds. The molecule has 3 aromatic carbocycles. The summed E-state index contributed by atoms with van der Waals surface area (Å²) in [4.78, 5) is 33.0. The second kappa shape index (κ2) is 10.8. The summed E-state index contributed by atoms with van der Waals surface area (Å²) < 4.78 is 6.10. The number of aryl methyl sites for hydroxylation is 1. The minimum atomic E-state index is 0.280. The van der Waals surface area contributed by atoms with Crippen LogP contribution < -0.4 is 5.32 Å². The number of anilines is 2. The Labute approximate surface area is 272 Å². The van der Waals surface area contributed by atoms with Crippen molar-refractivity contribution in [2.45, 2.75) is 53.1 Å². The molecule has 8 rings (SSSR count). The molecule has 1 N–H and O–H groups in total. The molecule has 3 aromatic heterocycles. The number of nitrogens with zero attached hydrogens (tertiary/aromatic N) is 6. The number of oxazole rings is 1. The van der Waals surface area contributed by atoms with Crippen molar-refractivity contribution >= 4 is 39.9 Å². The summed E-state index contributed by atoms with van der Waals surface area (Å²) in [5, 5.41) is 13.2. The van der Waals surface area contributed by atoms with Gasteiger partial charge in [-0.1, -0.05) is 31.2 Å². The first kappa shape index (κ1) is 29.0. The third kappa shape index (κ3) is 4.93. The summed E-state index contributed by atoms with van der Waals surface area (Å²) in [5.41, 5.74) is 10.6. The van der Waals surface area contributed by atoms with Gasteiger partial charge in [-0.3, -0.25) is 14.7 Å². The van der Waals surface area contributed by atoms with Crippen LogP contribution in [0.3, 0.4) is 0 Å². The molecule has 0 spiro atoms. The van der Waals surface area contributed by atoms with Gasteiger partial charge in [0, 0.05) is 35.6 Å². The van der Waals surface area contributed by atoms with Gasteiger partial charge in [0.25, 0.3) is 0 Å². The smallest absolute Gasteiger partial charge is 0.227 e. The standard InChI is InChI=1S/C38H33N7O2/c1-21-27(7-5-9-29(21)37-44-32-14-24(20-46)13-26(17-39)35(32)47-37)28-8-6-10-30(22(28)2)43-36-34-31(41-23(3)42-36)15-25(18-40-34)19-45-12-11-38(4)16-33(38)45/h5-10,13-15,18,20,33H,11-12,16,19H2,1-4H3,(H,41,42,43)/t33?,38-/m1/s1. The minimum Gasteiger partial charge on any atom is -0.435 e. The molecule has 2 fully saturated rings. The summed E-state index contributed by atoms with van der Waals surface area (Å²) in [6.45, 7) is 10.5. The van der Waals surface area contributed by atoms with Gasteiger partial charge in [0.05, 0.1) is 11.1 Å². The van der Waals surface area contributed by atoms with Gasteiger partial charge in [0.2, 0.25) is 5.89 Å². The van der Waals surface area contributed by atoms with Crippen molar-refractivity contribution in [3.8, 4) is 28.7 Å². The zero-order valence-corrected chi connectivity index (χ0v) is 26.8. The molecule has 47 heavy (non-hydrogen) atoms. The monoisotopic (exact) mass is 619 g/mol. The predicted molar refractivity (Wildman–Crippen MR) is 181 cm³/mol. The van der Waals surface area contributed by atoms with E-state index in [0.29, 0.717) is 51.9 Å². The van der Waals surface area contributed by atoms with E-state index >= 15 is 0 Å². The van der Waals surface area contributed by atoms with E-state index in [1.54, 1.807) is 6.07 Å². The van der Waals surface area contributed by atoms with Crippen LogP contribution in [0.4, 0.5) is 11.5 Å². The van der Waals surface area contributed by atoms with E-state index in [-0.39, 0.29) is 5.56 Å². The molecular weight excluding hydrogens is 586 g/mol. The highest BCUT2D eigenvalue weighted by molar-refractivity contribution is 5.91. The fourth-order valence-electron chi connectivity index (χ4n) is 7.22. The molecule has 0 radical (unpaired) electrons. The number of hydrogen-bond donors (Lipinski definition) is 1. The second-order valence-corrected chi connectivity index (χ2v) is 13.2. The first-order chi connectivity index (χ1) is 22.7. The maximum Gasteiger partial charge on any atom is 0.227 e. The lowest BCUT2D eigenvalue weighted by atomic mass is 9.93. The highest BCUT2D eigenvalue weighted by Crippen LogP contribution is 2.57. The molecule has 232 valence electrons. The van der Waals surface area contributed by atoms with E-state index in [2.05, 4.69) is 53.3 Å². The normalized spacial score (nSPS) is 18.7. The fraction of sp³-hybridized carbons (Fsp3) is 0.263. The van der Waals surface area contributed by atoms with Crippen molar-refractivity contribution in [2.75, 3.05) is 11.9 Å². The molecule has 0 bridgehead atoms. The van der Waals surface area contributed by atoms with Gasteiger partial charge in [-0.15, -0.1) is 0 Å². The van der Waals surface area contributed by atoms with E-state index in [0.717, 1.165) is 57.6 Å². The van der Waals surface area contributed by atoms with Crippen molar-refractivity contribution < 1.29 is 9.21 Å². The van der Waals surface area contributed by atoms with Crippen LogP contribution in [0.5, 0.6) is 0 Å². The van der Waals surface area contributed by atoms with Crippen molar-refractivity contribution in [1.29, 1.82) is 5.26 Å². The zero-order chi connectivity index (χ0) is 32.4. The summed E-state index contributed by atoms with van der Waals surface area (Å²) in [7, 11) is 0. The Morgan fingerprint density at radius 3 is 2.55 bits per heavy atom. The number of aldehydes is 1.